The number of nitrogens with one attached hydrogen (secondary N) is 3. The molecule has 0 spiro atoms. The van der Waals surface area contributed by atoms with Gasteiger partial charge in [0.05, 0.1) is 0 Å². The second-order valence-electron chi connectivity index (χ2n) is 6.71. The summed E-state index contributed by atoms with van der Waals surface area (Å²) in [4.78, 5) is 12.0. The van der Waals surface area contributed by atoms with Crippen LogP contribution in [-0.2, 0) is 6.42 Å². The molecular weight excluding hydrogens is 336 g/mol. The molecule has 1 aliphatic heterocycles. The molecule has 3 rings (SSSR count). The first-order chi connectivity index (χ1) is 12.6. The Morgan fingerprint density at radius 3 is 2.38 bits per heavy atom. The molecule has 4 nitrogen and oxygen atoms in total. The maximum Gasteiger partial charge on any atom is 0.319 e. The fraction of sp³-hybridized carbons (Fsp3) is 0.350. The summed E-state index contributed by atoms with van der Waals surface area (Å²) >= 11 is 0. The van der Waals surface area contributed by atoms with Crippen molar-refractivity contribution in [2.45, 2.75) is 25.3 Å². The third kappa shape index (κ3) is 5.52. The van der Waals surface area contributed by atoms with Gasteiger partial charge in [0.2, 0.25) is 0 Å². The van der Waals surface area contributed by atoms with E-state index in [-0.39, 0.29) is 23.7 Å². The molecule has 26 heavy (non-hydrogen) atoms. The summed E-state index contributed by atoms with van der Waals surface area (Å²) in [6.07, 6.45) is 2.93. The van der Waals surface area contributed by atoms with Crippen LogP contribution in [0.4, 0.5) is 19.3 Å². The van der Waals surface area contributed by atoms with Crippen LogP contribution in [0.5, 0.6) is 0 Å². The van der Waals surface area contributed by atoms with Gasteiger partial charge in [-0.1, -0.05) is 12.1 Å². The molecule has 0 radical (unpaired) electrons. The zero-order chi connectivity index (χ0) is 18.4. The minimum Gasteiger partial charge on any atom is -0.336 e. The maximum atomic E-state index is 13.0. The van der Waals surface area contributed by atoms with E-state index in [0.29, 0.717) is 18.2 Å². The van der Waals surface area contributed by atoms with Crippen molar-refractivity contribution in [2.75, 3.05) is 18.4 Å². The van der Waals surface area contributed by atoms with Crippen molar-refractivity contribution >= 4 is 11.7 Å². The lowest BCUT2D eigenvalue weighted by Gasteiger charge is -2.30. The second-order valence-corrected chi connectivity index (χ2v) is 6.71. The van der Waals surface area contributed by atoms with Crippen molar-refractivity contribution in [3.63, 3.8) is 0 Å². The topological polar surface area (TPSA) is 53.2 Å². The summed E-state index contributed by atoms with van der Waals surface area (Å²) in [6, 6.07) is 12.2. The van der Waals surface area contributed by atoms with Crippen LogP contribution in [0.1, 0.15) is 18.4 Å². The molecule has 1 heterocycles. The lowest BCUT2D eigenvalue weighted by Crippen LogP contribution is -2.47. The summed E-state index contributed by atoms with van der Waals surface area (Å²) in [5.74, 6) is -0.0449. The number of hydrogen-bond donors (Lipinski definition) is 3. The monoisotopic (exact) mass is 359 g/mol. The van der Waals surface area contributed by atoms with Gasteiger partial charge in [-0.05, 0) is 73.7 Å². The molecule has 2 aromatic carbocycles. The largest absolute Gasteiger partial charge is 0.336 e. The van der Waals surface area contributed by atoms with Gasteiger partial charge in [0.15, 0.2) is 0 Å². The summed E-state index contributed by atoms with van der Waals surface area (Å²) in [5, 5.41) is 8.96. The number of benzene rings is 2. The summed E-state index contributed by atoms with van der Waals surface area (Å²) in [6.45, 7) is 1.42. The number of piperidine rings is 1. The summed E-state index contributed by atoms with van der Waals surface area (Å²) in [5.41, 5.74) is 1.69. The molecular formula is C20H23F2N3O. The highest BCUT2D eigenvalue weighted by molar-refractivity contribution is 5.89. The van der Waals surface area contributed by atoms with Crippen LogP contribution in [-0.4, -0.2) is 25.2 Å². The first-order valence-electron chi connectivity index (χ1n) is 8.87. The van der Waals surface area contributed by atoms with Crippen molar-refractivity contribution in [2.24, 2.45) is 5.92 Å². The molecule has 2 amide bonds. The molecule has 1 aliphatic rings. The predicted molar refractivity (Wildman–Crippen MR) is 98.0 cm³/mol. The highest BCUT2D eigenvalue weighted by Crippen LogP contribution is 2.21. The van der Waals surface area contributed by atoms with Gasteiger partial charge in [-0.15, -0.1) is 0 Å². The van der Waals surface area contributed by atoms with Gasteiger partial charge in [0, 0.05) is 18.3 Å². The fourth-order valence-corrected chi connectivity index (χ4v) is 3.31. The highest BCUT2D eigenvalue weighted by atomic mass is 19.1. The van der Waals surface area contributed by atoms with E-state index in [2.05, 4.69) is 16.0 Å². The van der Waals surface area contributed by atoms with E-state index in [4.69, 9.17) is 0 Å². The fourth-order valence-electron chi connectivity index (χ4n) is 3.31. The normalized spacial score (nSPS) is 19.8. The van der Waals surface area contributed by atoms with Crippen LogP contribution in [0.2, 0.25) is 0 Å². The van der Waals surface area contributed by atoms with Crippen LogP contribution in [0.15, 0.2) is 48.5 Å². The quantitative estimate of drug-likeness (QED) is 0.762. The third-order valence-electron chi connectivity index (χ3n) is 4.65. The number of carbonyl (C=O) groups is 1. The van der Waals surface area contributed by atoms with Gasteiger partial charge < -0.3 is 16.0 Å². The van der Waals surface area contributed by atoms with Gasteiger partial charge in [-0.25, -0.2) is 13.6 Å². The molecule has 2 atom stereocenters. The smallest absolute Gasteiger partial charge is 0.319 e. The standard InChI is InChI=1S/C20H23F2N3O/c21-16-3-1-14(2-4-16)11-15-9-10-23-19(12-15)13-24-20(26)25-18-7-5-17(22)6-8-18/h1-8,15,19,23H,9-13H2,(H2,24,25,26)/t15-,19+/m1/s1. The van der Waals surface area contributed by atoms with E-state index in [1.807, 2.05) is 12.1 Å². The Labute approximate surface area is 152 Å². The van der Waals surface area contributed by atoms with Crippen molar-refractivity contribution in [1.29, 1.82) is 0 Å². The Hall–Kier alpha value is -2.47. The van der Waals surface area contributed by atoms with Crippen molar-refractivity contribution in [3.05, 3.63) is 65.7 Å². The molecule has 6 heteroatoms. The third-order valence-corrected chi connectivity index (χ3v) is 4.65. The zero-order valence-corrected chi connectivity index (χ0v) is 14.5. The van der Waals surface area contributed by atoms with Crippen LogP contribution >= 0.6 is 0 Å². The number of anilines is 1. The lowest BCUT2D eigenvalue weighted by atomic mass is 9.87. The van der Waals surface area contributed by atoms with E-state index >= 15 is 0 Å². The first kappa shape index (κ1) is 18.3. The molecule has 0 bridgehead atoms. The second kappa shape index (κ2) is 8.76. The molecule has 2 aromatic rings. The molecule has 0 aliphatic carbocycles. The number of carbonyl (C=O) groups excluding carboxylic acids is 1. The van der Waals surface area contributed by atoms with E-state index < -0.39 is 0 Å². The minimum atomic E-state index is -0.338. The zero-order valence-electron chi connectivity index (χ0n) is 14.5. The van der Waals surface area contributed by atoms with Gasteiger partial charge in [-0.3, -0.25) is 0 Å². The van der Waals surface area contributed by atoms with Gasteiger partial charge >= 0.3 is 6.03 Å². The molecule has 0 aromatic heterocycles. The minimum absolute atomic E-state index is 0.202. The molecule has 1 saturated heterocycles. The number of amides is 2. The maximum absolute atomic E-state index is 13.0. The van der Waals surface area contributed by atoms with E-state index in [1.54, 1.807) is 0 Å². The Morgan fingerprint density at radius 1 is 1.04 bits per heavy atom. The average Bonchev–Trinajstić information content (AvgIpc) is 2.64. The summed E-state index contributed by atoms with van der Waals surface area (Å²) in [7, 11) is 0. The SMILES string of the molecule is O=C(NC[C@@H]1C[C@@H](Cc2ccc(F)cc2)CCN1)Nc1ccc(F)cc1. The van der Waals surface area contributed by atoms with E-state index in [9.17, 15) is 13.6 Å². The molecule has 3 N–H and O–H groups in total. The Balaban J connectivity index is 1.43. The lowest BCUT2D eigenvalue weighted by molar-refractivity contribution is 0.246. The highest BCUT2D eigenvalue weighted by Gasteiger charge is 2.22. The van der Waals surface area contributed by atoms with E-state index in [1.165, 1.54) is 36.4 Å². The number of urea groups is 1. The van der Waals surface area contributed by atoms with Gasteiger partial charge in [0.1, 0.15) is 11.6 Å². The summed E-state index contributed by atoms with van der Waals surface area (Å²) < 4.78 is 25.9. The molecule has 0 unspecified atom stereocenters. The van der Waals surface area contributed by atoms with Crippen LogP contribution in [0, 0.1) is 17.6 Å². The van der Waals surface area contributed by atoms with Crippen LogP contribution < -0.4 is 16.0 Å². The Bertz CT molecular complexity index is 719. The van der Waals surface area contributed by atoms with E-state index in [0.717, 1.165) is 31.4 Å². The van der Waals surface area contributed by atoms with Crippen LogP contribution in [0.3, 0.4) is 0 Å². The van der Waals surface area contributed by atoms with Gasteiger partial charge in [-0.2, -0.15) is 0 Å². The number of hydrogen-bond acceptors (Lipinski definition) is 2. The van der Waals surface area contributed by atoms with Crippen LogP contribution in [0.25, 0.3) is 0 Å². The first-order valence-corrected chi connectivity index (χ1v) is 8.87. The Kier molecular flexibility index (Phi) is 6.17. The molecule has 138 valence electrons. The van der Waals surface area contributed by atoms with Crippen molar-refractivity contribution in [1.82, 2.24) is 10.6 Å². The van der Waals surface area contributed by atoms with Crippen molar-refractivity contribution in [3.8, 4) is 0 Å². The Morgan fingerprint density at radius 2 is 1.69 bits per heavy atom. The van der Waals surface area contributed by atoms with Crippen molar-refractivity contribution < 1.29 is 13.6 Å². The number of rotatable bonds is 5. The average molecular weight is 359 g/mol. The molecule has 1 fully saturated rings. The van der Waals surface area contributed by atoms with Gasteiger partial charge in [0.25, 0.3) is 0 Å². The molecule has 0 saturated carbocycles. The predicted octanol–water partition coefficient (Wildman–Crippen LogP) is 3.70. The number of halogens is 2.